The number of carbonyl (C=O) groups excluding carboxylic acids is 1. The van der Waals surface area contributed by atoms with Crippen LogP contribution in [0.5, 0.6) is 11.5 Å². The van der Waals surface area contributed by atoms with Gasteiger partial charge in [0.25, 0.3) is 0 Å². The molecule has 0 saturated heterocycles. The second-order valence-corrected chi connectivity index (χ2v) is 6.41. The van der Waals surface area contributed by atoms with Gasteiger partial charge in [0.1, 0.15) is 23.7 Å². The Kier molecular flexibility index (Phi) is 5.68. The number of carbonyl (C=O) groups is 1. The summed E-state index contributed by atoms with van der Waals surface area (Å²) in [7, 11) is 2.90. The molecule has 146 valence electrons. The number of para-hydroxylation sites is 1. The van der Waals surface area contributed by atoms with Crippen LogP contribution in [0.3, 0.4) is 0 Å². The summed E-state index contributed by atoms with van der Waals surface area (Å²) >= 11 is 0. The minimum Gasteiger partial charge on any atom is -0.496 e. The second kappa shape index (κ2) is 8.17. The Morgan fingerprint density at radius 3 is 2.46 bits per heavy atom. The maximum absolute atomic E-state index is 12.4. The first-order valence-electron chi connectivity index (χ1n) is 8.83. The summed E-state index contributed by atoms with van der Waals surface area (Å²) in [5.41, 5.74) is 2.55. The molecule has 6 heteroatoms. The van der Waals surface area contributed by atoms with E-state index >= 15 is 0 Å². The van der Waals surface area contributed by atoms with E-state index in [1.54, 1.807) is 14.0 Å². The number of ether oxygens (including phenoxy) is 3. The predicted molar refractivity (Wildman–Crippen MR) is 105 cm³/mol. The van der Waals surface area contributed by atoms with Gasteiger partial charge in [0, 0.05) is 16.5 Å². The molecule has 0 saturated carbocycles. The zero-order valence-electron chi connectivity index (χ0n) is 16.3. The van der Waals surface area contributed by atoms with Crippen LogP contribution < -0.4 is 15.1 Å². The van der Waals surface area contributed by atoms with Gasteiger partial charge in [-0.05, 0) is 37.6 Å². The van der Waals surface area contributed by atoms with Crippen molar-refractivity contribution < 1.29 is 23.4 Å². The van der Waals surface area contributed by atoms with E-state index in [4.69, 9.17) is 13.9 Å². The second-order valence-electron chi connectivity index (χ2n) is 6.41. The van der Waals surface area contributed by atoms with E-state index in [0.29, 0.717) is 29.1 Å². The largest absolute Gasteiger partial charge is 0.496 e. The molecule has 0 unspecified atom stereocenters. The van der Waals surface area contributed by atoms with E-state index < -0.39 is 11.6 Å². The molecule has 3 aromatic rings. The summed E-state index contributed by atoms with van der Waals surface area (Å²) < 4.78 is 21.5. The Bertz CT molecular complexity index is 1080. The normalized spacial score (nSPS) is 10.7. The van der Waals surface area contributed by atoms with Gasteiger partial charge in [-0.2, -0.15) is 0 Å². The van der Waals surface area contributed by atoms with Crippen molar-refractivity contribution in [1.82, 2.24) is 0 Å². The Hall–Kier alpha value is -3.28. The van der Waals surface area contributed by atoms with Crippen molar-refractivity contribution in [3.63, 3.8) is 0 Å². The van der Waals surface area contributed by atoms with Crippen LogP contribution in [0.4, 0.5) is 0 Å². The third kappa shape index (κ3) is 3.71. The van der Waals surface area contributed by atoms with Gasteiger partial charge < -0.3 is 18.6 Å². The van der Waals surface area contributed by atoms with Crippen molar-refractivity contribution in [3.05, 3.63) is 69.1 Å². The molecule has 6 nitrogen and oxygen atoms in total. The Labute approximate surface area is 162 Å². The van der Waals surface area contributed by atoms with Gasteiger partial charge >= 0.3 is 11.6 Å². The van der Waals surface area contributed by atoms with E-state index in [1.807, 2.05) is 43.3 Å². The van der Waals surface area contributed by atoms with Crippen molar-refractivity contribution in [1.29, 1.82) is 0 Å². The van der Waals surface area contributed by atoms with Crippen LogP contribution in [0.2, 0.25) is 0 Å². The summed E-state index contributed by atoms with van der Waals surface area (Å²) in [6.45, 7) is 3.95. The molecule has 0 N–H and O–H groups in total. The topological polar surface area (TPSA) is 75.0 Å². The lowest BCUT2D eigenvalue weighted by Gasteiger charge is -2.14. The van der Waals surface area contributed by atoms with Gasteiger partial charge in [-0.3, -0.25) is 4.79 Å². The molecule has 1 aromatic heterocycles. The maximum atomic E-state index is 12.4. The smallest absolute Gasteiger partial charge is 0.340 e. The highest BCUT2D eigenvalue weighted by molar-refractivity contribution is 5.86. The molecular formula is C22H22O6. The SMILES string of the molecule is COC(=O)Cc1c(C)c2ccc(OCc3ccccc3OC)c(C)c2oc1=O. The molecule has 0 atom stereocenters. The summed E-state index contributed by atoms with van der Waals surface area (Å²) in [5, 5.41) is 0.764. The number of esters is 1. The van der Waals surface area contributed by atoms with Gasteiger partial charge in [-0.25, -0.2) is 4.79 Å². The Morgan fingerprint density at radius 2 is 1.75 bits per heavy atom. The molecule has 0 spiro atoms. The summed E-state index contributed by atoms with van der Waals surface area (Å²) in [4.78, 5) is 24.0. The zero-order chi connectivity index (χ0) is 20.3. The van der Waals surface area contributed by atoms with Crippen molar-refractivity contribution in [2.75, 3.05) is 14.2 Å². The van der Waals surface area contributed by atoms with Gasteiger partial charge in [0.05, 0.1) is 26.2 Å². The number of fused-ring (bicyclic) bond motifs is 1. The summed E-state index contributed by atoms with van der Waals surface area (Å²) in [5.74, 6) is 0.876. The standard InChI is InChI=1S/C22H22O6/c1-13-16-9-10-18(27-12-15-7-5-6-8-19(15)25-3)14(2)21(16)28-22(24)17(13)11-20(23)26-4/h5-10H,11-12H2,1-4H3. The third-order valence-electron chi connectivity index (χ3n) is 4.78. The van der Waals surface area contributed by atoms with E-state index in [0.717, 1.165) is 22.3 Å². The number of rotatable bonds is 6. The summed E-state index contributed by atoms with van der Waals surface area (Å²) in [6, 6.07) is 11.3. The van der Waals surface area contributed by atoms with Crippen molar-refractivity contribution >= 4 is 16.9 Å². The molecule has 2 aromatic carbocycles. The molecule has 0 radical (unpaired) electrons. The fourth-order valence-corrected chi connectivity index (χ4v) is 3.13. The number of methoxy groups -OCH3 is 2. The highest BCUT2D eigenvalue weighted by Crippen LogP contribution is 2.30. The van der Waals surface area contributed by atoms with Crippen LogP contribution in [-0.4, -0.2) is 20.2 Å². The van der Waals surface area contributed by atoms with Crippen LogP contribution in [0.15, 0.2) is 45.6 Å². The first-order chi connectivity index (χ1) is 13.5. The highest BCUT2D eigenvalue weighted by atomic mass is 16.5. The van der Waals surface area contributed by atoms with Crippen LogP contribution in [0, 0.1) is 13.8 Å². The van der Waals surface area contributed by atoms with Gasteiger partial charge in [-0.15, -0.1) is 0 Å². The zero-order valence-corrected chi connectivity index (χ0v) is 16.3. The van der Waals surface area contributed by atoms with Crippen LogP contribution >= 0.6 is 0 Å². The number of hydrogen-bond acceptors (Lipinski definition) is 6. The molecule has 0 bridgehead atoms. The number of aryl methyl sites for hydroxylation is 2. The van der Waals surface area contributed by atoms with Crippen LogP contribution in [0.25, 0.3) is 11.0 Å². The molecule has 0 amide bonds. The number of benzene rings is 2. The van der Waals surface area contributed by atoms with Crippen molar-refractivity contribution in [2.45, 2.75) is 26.9 Å². The van der Waals surface area contributed by atoms with Crippen LogP contribution in [-0.2, 0) is 22.6 Å². The first kappa shape index (κ1) is 19.5. The Balaban J connectivity index is 1.96. The Morgan fingerprint density at radius 1 is 1.00 bits per heavy atom. The van der Waals surface area contributed by atoms with E-state index in [-0.39, 0.29) is 6.42 Å². The summed E-state index contributed by atoms with van der Waals surface area (Å²) in [6.07, 6.45) is -0.119. The third-order valence-corrected chi connectivity index (χ3v) is 4.78. The lowest BCUT2D eigenvalue weighted by molar-refractivity contribution is -0.139. The quantitative estimate of drug-likeness (QED) is 0.478. The highest BCUT2D eigenvalue weighted by Gasteiger charge is 2.18. The fourth-order valence-electron chi connectivity index (χ4n) is 3.13. The molecule has 3 rings (SSSR count). The van der Waals surface area contributed by atoms with Gasteiger partial charge in [-0.1, -0.05) is 18.2 Å². The maximum Gasteiger partial charge on any atom is 0.340 e. The molecule has 0 aliphatic carbocycles. The fraction of sp³-hybridized carbons (Fsp3) is 0.273. The lowest BCUT2D eigenvalue weighted by atomic mass is 10.0. The minimum atomic E-state index is -0.541. The van der Waals surface area contributed by atoms with Crippen molar-refractivity contribution in [3.8, 4) is 11.5 Å². The van der Waals surface area contributed by atoms with Crippen LogP contribution in [0.1, 0.15) is 22.3 Å². The average Bonchev–Trinajstić information content (AvgIpc) is 2.71. The molecule has 0 aliphatic rings. The first-order valence-corrected chi connectivity index (χ1v) is 8.83. The average molecular weight is 382 g/mol. The monoisotopic (exact) mass is 382 g/mol. The number of hydrogen-bond donors (Lipinski definition) is 0. The molecule has 0 aliphatic heterocycles. The van der Waals surface area contributed by atoms with Gasteiger partial charge in [0.15, 0.2) is 0 Å². The predicted octanol–water partition coefficient (Wildman–Crippen LogP) is 3.71. The molecule has 0 fully saturated rings. The molecular weight excluding hydrogens is 360 g/mol. The molecule has 1 heterocycles. The molecule has 28 heavy (non-hydrogen) atoms. The van der Waals surface area contributed by atoms with E-state index in [9.17, 15) is 9.59 Å². The lowest BCUT2D eigenvalue weighted by Crippen LogP contribution is -2.16. The van der Waals surface area contributed by atoms with E-state index in [1.165, 1.54) is 7.11 Å². The van der Waals surface area contributed by atoms with E-state index in [2.05, 4.69) is 4.74 Å². The van der Waals surface area contributed by atoms with Gasteiger partial charge in [0.2, 0.25) is 0 Å². The minimum absolute atomic E-state index is 0.119. The van der Waals surface area contributed by atoms with Crippen molar-refractivity contribution in [2.24, 2.45) is 0 Å².